The van der Waals surface area contributed by atoms with Crippen LogP contribution in [0, 0.1) is 0 Å². The molecule has 1 fully saturated rings. The molecule has 1 unspecified atom stereocenters. The lowest BCUT2D eigenvalue weighted by atomic mass is 9.82. The fraction of sp³-hybridized carbons (Fsp3) is 0.667. The van der Waals surface area contributed by atoms with E-state index < -0.39 is 0 Å². The molecule has 1 aliphatic rings. The molecule has 3 nitrogen and oxygen atoms in total. The molecule has 0 amide bonds. The molecule has 1 aromatic rings. The summed E-state index contributed by atoms with van der Waals surface area (Å²) >= 11 is 0. The van der Waals surface area contributed by atoms with Crippen LogP contribution in [0.1, 0.15) is 50.6 Å². The van der Waals surface area contributed by atoms with Crippen LogP contribution in [0.25, 0.3) is 0 Å². The number of benzene rings is 1. The summed E-state index contributed by atoms with van der Waals surface area (Å²) in [4.78, 5) is 2.41. The summed E-state index contributed by atoms with van der Waals surface area (Å²) in [6.45, 7) is 2.93. The molecule has 0 aromatic heterocycles. The number of likely N-dealkylation sites (N-methyl/N-ethyl adjacent to an activating group) is 2. The van der Waals surface area contributed by atoms with E-state index in [1.165, 1.54) is 31.2 Å². The molecule has 2 rings (SSSR count). The van der Waals surface area contributed by atoms with Crippen LogP contribution < -0.4 is 10.1 Å². The Morgan fingerprint density at radius 2 is 1.90 bits per heavy atom. The topological polar surface area (TPSA) is 24.5 Å². The smallest absolute Gasteiger partial charge is 0.124 e. The highest BCUT2D eigenvalue weighted by atomic mass is 16.5. The second kappa shape index (κ2) is 7.28. The molecule has 1 saturated carbocycles. The zero-order valence-corrected chi connectivity index (χ0v) is 14.0. The van der Waals surface area contributed by atoms with Crippen molar-refractivity contribution in [2.45, 2.75) is 50.6 Å². The number of nitrogens with zero attached hydrogens (tertiary/aromatic N) is 1. The van der Waals surface area contributed by atoms with E-state index in [4.69, 9.17) is 4.74 Å². The Balaban J connectivity index is 2.36. The normalized spacial score (nSPS) is 18.9. The van der Waals surface area contributed by atoms with Crippen LogP contribution in [-0.4, -0.2) is 38.2 Å². The first-order valence-corrected chi connectivity index (χ1v) is 8.22. The van der Waals surface area contributed by atoms with Crippen molar-refractivity contribution in [3.63, 3.8) is 0 Å². The zero-order valence-electron chi connectivity index (χ0n) is 14.0. The third-order valence-corrected chi connectivity index (χ3v) is 4.88. The van der Waals surface area contributed by atoms with Gasteiger partial charge >= 0.3 is 0 Å². The van der Waals surface area contributed by atoms with E-state index in [0.29, 0.717) is 6.04 Å². The van der Waals surface area contributed by atoms with E-state index in [0.717, 1.165) is 18.8 Å². The fourth-order valence-electron chi connectivity index (χ4n) is 3.76. The largest absolute Gasteiger partial charge is 0.493 e. The molecule has 1 aliphatic carbocycles. The molecule has 0 heterocycles. The quantitative estimate of drug-likeness (QED) is 0.830. The molecule has 0 saturated heterocycles. The molecule has 0 aliphatic heterocycles. The summed E-state index contributed by atoms with van der Waals surface area (Å²) in [5, 5.41) is 3.58. The number of para-hydroxylation sites is 1. The monoisotopic (exact) mass is 290 g/mol. The number of hydrogen-bond acceptors (Lipinski definition) is 3. The first-order chi connectivity index (χ1) is 10.2. The number of ether oxygens (including phenoxy) is 1. The van der Waals surface area contributed by atoms with Gasteiger partial charge in [0.15, 0.2) is 0 Å². The van der Waals surface area contributed by atoms with Crippen molar-refractivity contribution in [2.24, 2.45) is 0 Å². The summed E-state index contributed by atoms with van der Waals surface area (Å²) in [6, 6.07) is 8.82. The molecule has 0 radical (unpaired) electrons. The zero-order chi connectivity index (χ0) is 15.3. The Morgan fingerprint density at radius 3 is 2.48 bits per heavy atom. The van der Waals surface area contributed by atoms with Gasteiger partial charge in [0.1, 0.15) is 5.75 Å². The molecule has 118 valence electrons. The summed E-state index contributed by atoms with van der Waals surface area (Å²) in [7, 11) is 6.50. The predicted molar refractivity (Wildman–Crippen MR) is 88.9 cm³/mol. The Bertz CT molecular complexity index is 439. The standard InChI is InChI=1S/C18H30N2O/c1-5-14-21-16-11-7-6-10-15(16)17(19-2)18(20(3)4)12-8-9-13-18/h6-7,10-11,17,19H,5,8-9,12-14H2,1-4H3. The van der Waals surface area contributed by atoms with Crippen LogP contribution in [0.5, 0.6) is 5.75 Å². The number of rotatable bonds is 7. The Labute approximate surface area is 129 Å². The van der Waals surface area contributed by atoms with Crippen molar-refractivity contribution in [3.05, 3.63) is 29.8 Å². The average Bonchev–Trinajstić information content (AvgIpc) is 2.98. The van der Waals surface area contributed by atoms with E-state index >= 15 is 0 Å². The highest BCUT2D eigenvalue weighted by Crippen LogP contribution is 2.45. The average molecular weight is 290 g/mol. The SMILES string of the molecule is CCCOc1ccccc1C(NC)C1(N(C)C)CCCC1. The summed E-state index contributed by atoms with van der Waals surface area (Å²) < 4.78 is 5.99. The van der Waals surface area contributed by atoms with Gasteiger partial charge in [0.05, 0.1) is 12.6 Å². The van der Waals surface area contributed by atoms with Gasteiger partial charge in [0.2, 0.25) is 0 Å². The molecule has 21 heavy (non-hydrogen) atoms. The van der Waals surface area contributed by atoms with Crippen molar-refractivity contribution in [1.82, 2.24) is 10.2 Å². The van der Waals surface area contributed by atoms with E-state index in [1.807, 2.05) is 0 Å². The van der Waals surface area contributed by atoms with Crippen LogP contribution in [0.15, 0.2) is 24.3 Å². The van der Waals surface area contributed by atoms with Crippen LogP contribution in [0.4, 0.5) is 0 Å². The van der Waals surface area contributed by atoms with Gasteiger partial charge in [-0.1, -0.05) is 38.0 Å². The highest BCUT2D eigenvalue weighted by molar-refractivity contribution is 5.38. The van der Waals surface area contributed by atoms with Crippen molar-refractivity contribution in [3.8, 4) is 5.75 Å². The Morgan fingerprint density at radius 1 is 1.24 bits per heavy atom. The highest BCUT2D eigenvalue weighted by Gasteiger charge is 2.44. The minimum atomic E-state index is 0.195. The maximum Gasteiger partial charge on any atom is 0.124 e. The van der Waals surface area contributed by atoms with Crippen LogP contribution in [0.3, 0.4) is 0 Å². The van der Waals surface area contributed by atoms with E-state index in [1.54, 1.807) is 0 Å². The molecular weight excluding hydrogens is 260 g/mol. The third kappa shape index (κ3) is 3.24. The number of nitrogens with one attached hydrogen (secondary N) is 1. The Hall–Kier alpha value is -1.06. The minimum absolute atomic E-state index is 0.195. The van der Waals surface area contributed by atoms with Gasteiger partial charge in [-0.25, -0.2) is 0 Å². The molecule has 1 aromatic carbocycles. The maximum atomic E-state index is 5.99. The van der Waals surface area contributed by atoms with E-state index in [2.05, 4.69) is 62.5 Å². The van der Waals surface area contributed by atoms with Crippen LogP contribution in [-0.2, 0) is 0 Å². The van der Waals surface area contributed by atoms with Gasteiger partial charge in [-0.05, 0) is 46.5 Å². The van der Waals surface area contributed by atoms with Crippen LogP contribution >= 0.6 is 0 Å². The lowest BCUT2D eigenvalue weighted by Gasteiger charge is -2.43. The number of hydrogen-bond donors (Lipinski definition) is 1. The minimum Gasteiger partial charge on any atom is -0.493 e. The van der Waals surface area contributed by atoms with Gasteiger partial charge < -0.3 is 15.0 Å². The first kappa shape index (κ1) is 16.3. The van der Waals surface area contributed by atoms with E-state index in [-0.39, 0.29) is 5.54 Å². The van der Waals surface area contributed by atoms with Gasteiger partial charge in [-0.3, -0.25) is 0 Å². The molecular formula is C18H30N2O. The van der Waals surface area contributed by atoms with Crippen molar-refractivity contribution >= 4 is 0 Å². The van der Waals surface area contributed by atoms with Gasteiger partial charge in [-0.15, -0.1) is 0 Å². The molecule has 1 N–H and O–H groups in total. The van der Waals surface area contributed by atoms with Gasteiger partial charge in [0, 0.05) is 11.1 Å². The summed E-state index contributed by atoms with van der Waals surface area (Å²) in [5.41, 5.74) is 1.49. The van der Waals surface area contributed by atoms with Crippen molar-refractivity contribution in [2.75, 3.05) is 27.7 Å². The first-order valence-electron chi connectivity index (χ1n) is 8.22. The Kier molecular flexibility index (Phi) is 5.65. The van der Waals surface area contributed by atoms with Crippen molar-refractivity contribution < 1.29 is 4.74 Å². The molecule has 0 spiro atoms. The summed E-state index contributed by atoms with van der Waals surface area (Å²) in [5.74, 6) is 1.03. The lowest BCUT2D eigenvalue weighted by Crippen LogP contribution is -2.51. The third-order valence-electron chi connectivity index (χ3n) is 4.88. The van der Waals surface area contributed by atoms with Gasteiger partial charge in [0.25, 0.3) is 0 Å². The predicted octanol–water partition coefficient (Wildman–Crippen LogP) is 3.61. The maximum absolute atomic E-state index is 5.99. The fourth-order valence-corrected chi connectivity index (χ4v) is 3.76. The summed E-state index contributed by atoms with van der Waals surface area (Å²) in [6.07, 6.45) is 6.15. The molecule has 1 atom stereocenters. The van der Waals surface area contributed by atoms with Gasteiger partial charge in [-0.2, -0.15) is 0 Å². The van der Waals surface area contributed by atoms with E-state index in [9.17, 15) is 0 Å². The second-order valence-corrected chi connectivity index (χ2v) is 6.31. The molecule has 0 bridgehead atoms. The lowest BCUT2D eigenvalue weighted by molar-refractivity contribution is 0.106. The molecule has 3 heteroatoms. The second-order valence-electron chi connectivity index (χ2n) is 6.31. The van der Waals surface area contributed by atoms with Crippen LogP contribution in [0.2, 0.25) is 0 Å². The van der Waals surface area contributed by atoms with Crippen molar-refractivity contribution in [1.29, 1.82) is 0 Å².